The maximum absolute atomic E-state index is 13.3. The average molecular weight is 410 g/mol. The van der Waals surface area contributed by atoms with Crippen molar-refractivity contribution in [3.05, 3.63) is 89.5 Å². The summed E-state index contributed by atoms with van der Waals surface area (Å²) < 4.78 is 0. The molecule has 1 fully saturated rings. The molecule has 0 radical (unpaired) electrons. The summed E-state index contributed by atoms with van der Waals surface area (Å²) in [5, 5.41) is 13.4. The third-order valence-corrected chi connectivity index (χ3v) is 6.05. The van der Waals surface area contributed by atoms with Crippen LogP contribution in [0.2, 0.25) is 0 Å². The number of fused-ring (bicyclic) bond motifs is 3. The Hall–Kier alpha value is -3.69. The minimum atomic E-state index is -0.110. The van der Waals surface area contributed by atoms with Crippen molar-refractivity contribution in [1.29, 1.82) is 0 Å². The molecule has 3 atom stereocenters. The molecule has 1 aromatic carbocycles. The van der Waals surface area contributed by atoms with Crippen LogP contribution in [0.25, 0.3) is 0 Å². The molecule has 0 saturated carbocycles. The topological polar surface area (TPSA) is 78.4 Å². The van der Waals surface area contributed by atoms with E-state index in [4.69, 9.17) is 0 Å². The number of aliphatic hydroxyl groups excluding tert-OH is 1. The number of benzene rings is 1. The van der Waals surface area contributed by atoms with E-state index in [9.17, 15) is 9.90 Å². The van der Waals surface area contributed by atoms with Gasteiger partial charge in [-0.3, -0.25) is 14.8 Å². The van der Waals surface area contributed by atoms with Crippen molar-refractivity contribution in [2.24, 2.45) is 5.92 Å². The van der Waals surface area contributed by atoms with Gasteiger partial charge in [0, 0.05) is 54.1 Å². The normalized spacial score (nSPS) is 21.3. The highest BCUT2D eigenvalue weighted by molar-refractivity contribution is 5.94. The number of carbonyl (C=O) groups is 1. The Kier molecular flexibility index (Phi) is 5.11. The van der Waals surface area contributed by atoms with E-state index in [0.717, 1.165) is 28.8 Å². The number of pyridine rings is 2. The van der Waals surface area contributed by atoms with E-state index in [1.54, 1.807) is 36.9 Å². The average Bonchev–Trinajstić information content (AvgIpc) is 3.28. The van der Waals surface area contributed by atoms with Crippen LogP contribution in [-0.2, 0) is 0 Å². The summed E-state index contributed by atoms with van der Waals surface area (Å²) in [7, 11) is 0. The lowest BCUT2D eigenvalue weighted by Gasteiger charge is -2.39. The van der Waals surface area contributed by atoms with Crippen LogP contribution < -0.4 is 5.32 Å². The number of nitrogens with one attached hydrogen (secondary N) is 1. The number of aromatic nitrogens is 2. The first-order valence-corrected chi connectivity index (χ1v) is 10.4. The van der Waals surface area contributed by atoms with Crippen LogP contribution in [0, 0.1) is 17.8 Å². The second-order valence-electron chi connectivity index (χ2n) is 7.86. The Morgan fingerprint density at radius 1 is 1.10 bits per heavy atom. The highest BCUT2D eigenvalue weighted by atomic mass is 16.3. The number of aliphatic hydroxyl groups is 1. The van der Waals surface area contributed by atoms with E-state index in [0.29, 0.717) is 12.1 Å². The van der Waals surface area contributed by atoms with E-state index < -0.39 is 0 Å². The van der Waals surface area contributed by atoms with Crippen molar-refractivity contribution < 1.29 is 9.90 Å². The quantitative estimate of drug-likeness (QED) is 0.636. The molecule has 0 spiro atoms. The number of rotatable bonds is 2. The largest absolute Gasteiger partial charge is 0.394 e. The molecule has 3 aromatic rings. The first kappa shape index (κ1) is 19.3. The summed E-state index contributed by atoms with van der Waals surface area (Å²) >= 11 is 0. The molecule has 6 nitrogen and oxygen atoms in total. The molecule has 2 N–H and O–H groups in total. The standard InChI is InChI=1S/C25H22N4O2/c30-16-23-20-9-12-29(25(31)19-4-2-11-27-15-19)24(20)21-13-17(7-8-22(21)28-23)5-6-18-3-1-10-26-14-18/h1-4,7-8,10-11,13-15,20,23-24,28,30H,9,12,16H2/t20-,23+,24-/m0/s1. The Bertz CT molecular complexity index is 1150. The molecule has 2 aliphatic heterocycles. The molecule has 31 heavy (non-hydrogen) atoms. The van der Waals surface area contributed by atoms with Crippen LogP contribution in [0.4, 0.5) is 5.69 Å². The van der Waals surface area contributed by atoms with Crippen LogP contribution >= 0.6 is 0 Å². The van der Waals surface area contributed by atoms with Crippen LogP contribution in [-0.4, -0.2) is 45.1 Å². The summed E-state index contributed by atoms with van der Waals surface area (Å²) in [5.41, 5.74) is 4.30. The van der Waals surface area contributed by atoms with E-state index in [2.05, 4.69) is 33.2 Å². The maximum atomic E-state index is 13.3. The van der Waals surface area contributed by atoms with E-state index in [1.807, 2.05) is 29.2 Å². The summed E-state index contributed by atoms with van der Waals surface area (Å²) in [4.78, 5) is 23.4. The summed E-state index contributed by atoms with van der Waals surface area (Å²) in [6.45, 7) is 0.671. The van der Waals surface area contributed by atoms with Crippen LogP contribution in [0.1, 0.15) is 39.5 Å². The zero-order valence-electron chi connectivity index (χ0n) is 16.9. The van der Waals surface area contributed by atoms with Gasteiger partial charge in [-0.1, -0.05) is 11.8 Å². The Labute approximate surface area is 181 Å². The van der Waals surface area contributed by atoms with Gasteiger partial charge in [0.05, 0.1) is 24.3 Å². The van der Waals surface area contributed by atoms with Gasteiger partial charge in [0.1, 0.15) is 0 Å². The molecule has 2 aromatic heterocycles. The zero-order chi connectivity index (χ0) is 21.2. The molecule has 2 aliphatic rings. The molecule has 5 rings (SSSR count). The second kappa shape index (κ2) is 8.21. The lowest BCUT2D eigenvalue weighted by Crippen LogP contribution is -2.42. The van der Waals surface area contributed by atoms with Crippen molar-refractivity contribution >= 4 is 11.6 Å². The van der Waals surface area contributed by atoms with Gasteiger partial charge in [-0.2, -0.15) is 0 Å². The third kappa shape index (κ3) is 3.65. The molecular weight excluding hydrogens is 388 g/mol. The van der Waals surface area contributed by atoms with E-state index >= 15 is 0 Å². The monoisotopic (exact) mass is 410 g/mol. The van der Waals surface area contributed by atoms with Gasteiger partial charge in [-0.15, -0.1) is 0 Å². The number of amides is 1. The Balaban J connectivity index is 1.52. The van der Waals surface area contributed by atoms with Gasteiger partial charge in [-0.25, -0.2) is 0 Å². The first-order chi connectivity index (χ1) is 15.2. The van der Waals surface area contributed by atoms with Gasteiger partial charge in [0.15, 0.2) is 0 Å². The van der Waals surface area contributed by atoms with Crippen LogP contribution in [0.5, 0.6) is 0 Å². The molecule has 0 unspecified atom stereocenters. The number of anilines is 1. The van der Waals surface area contributed by atoms with E-state index in [1.165, 1.54) is 0 Å². The van der Waals surface area contributed by atoms with Crippen molar-refractivity contribution in [2.45, 2.75) is 18.5 Å². The third-order valence-electron chi connectivity index (χ3n) is 6.05. The predicted octanol–water partition coefficient (Wildman–Crippen LogP) is 2.87. The molecule has 1 amide bonds. The number of nitrogens with zero attached hydrogens (tertiary/aromatic N) is 3. The predicted molar refractivity (Wildman–Crippen MR) is 117 cm³/mol. The molecule has 0 bridgehead atoms. The smallest absolute Gasteiger partial charge is 0.255 e. The van der Waals surface area contributed by atoms with E-state index in [-0.39, 0.29) is 30.5 Å². The van der Waals surface area contributed by atoms with Gasteiger partial charge >= 0.3 is 0 Å². The van der Waals surface area contributed by atoms with Gasteiger partial charge in [0.2, 0.25) is 0 Å². The summed E-state index contributed by atoms with van der Waals surface area (Å²) in [5.74, 6) is 6.46. The van der Waals surface area contributed by atoms with Crippen molar-refractivity contribution in [2.75, 3.05) is 18.5 Å². The highest BCUT2D eigenvalue weighted by Gasteiger charge is 2.45. The van der Waals surface area contributed by atoms with Crippen molar-refractivity contribution in [1.82, 2.24) is 14.9 Å². The maximum Gasteiger partial charge on any atom is 0.255 e. The number of hydrogen-bond donors (Lipinski definition) is 2. The van der Waals surface area contributed by atoms with Crippen LogP contribution in [0.15, 0.2) is 67.3 Å². The fraction of sp³-hybridized carbons (Fsp3) is 0.240. The lowest BCUT2D eigenvalue weighted by atomic mass is 9.82. The SMILES string of the molecule is O=C(c1cccnc1)N1CC[C@@H]2[C@H]1c1cc(C#Cc3cccnc3)ccc1N[C@@H]2CO. The van der Waals surface area contributed by atoms with Gasteiger partial charge < -0.3 is 15.3 Å². The molecule has 4 heterocycles. The van der Waals surface area contributed by atoms with Crippen molar-refractivity contribution in [3.63, 3.8) is 0 Å². The van der Waals surface area contributed by atoms with Crippen molar-refractivity contribution in [3.8, 4) is 11.8 Å². The minimum Gasteiger partial charge on any atom is -0.394 e. The summed E-state index contributed by atoms with van der Waals surface area (Å²) in [6.07, 6.45) is 7.57. The fourth-order valence-electron chi connectivity index (χ4n) is 4.60. The number of likely N-dealkylation sites (tertiary alicyclic amines) is 1. The Morgan fingerprint density at radius 2 is 1.90 bits per heavy atom. The Morgan fingerprint density at radius 3 is 2.65 bits per heavy atom. The first-order valence-electron chi connectivity index (χ1n) is 10.4. The fourth-order valence-corrected chi connectivity index (χ4v) is 4.60. The second-order valence-corrected chi connectivity index (χ2v) is 7.86. The molecule has 154 valence electrons. The van der Waals surface area contributed by atoms with Crippen LogP contribution in [0.3, 0.4) is 0 Å². The van der Waals surface area contributed by atoms with Gasteiger partial charge in [-0.05, 0) is 54.4 Å². The minimum absolute atomic E-state index is 0.0259. The molecule has 6 heteroatoms. The van der Waals surface area contributed by atoms with Gasteiger partial charge in [0.25, 0.3) is 5.91 Å². The number of hydrogen-bond acceptors (Lipinski definition) is 5. The number of carbonyl (C=O) groups excluding carboxylic acids is 1. The zero-order valence-corrected chi connectivity index (χ0v) is 16.9. The molecule has 0 aliphatic carbocycles. The lowest BCUT2D eigenvalue weighted by molar-refractivity contribution is 0.0700. The molecule has 1 saturated heterocycles. The highest BCUT2D eigenvalue weighted by Crippen LogP contribution is 2.47. The molecular formula is C25H22N4O2. The summed E-state index contributed by atoms with van der Waals surface area (Å²) in [6, 6.07) is 13.2.